The van der Waals surface area contributed by atoms with Crippen LogP contribution in [0.4, 0.5) is 0 Å². The van der Waals surface area contributed by atoms with Crippen molar-refractivity contribution >= 4 is 0 Å². The summed E-state index contributed by atoms with van der Waals surface area (Å²) in [7, 11) is 0. The van der Waals surface area contributed by atoms with E-state index in [2.05, 4.69) is 0 Å². The van der Waals surface area contributed by atoms with E-state index < -0.39 is 0 Å². The second-order valence-corrected chi connectivity index (χ2v) is 4.03. The van der Waals surface area contributed by atoms with Crippen LogP contribution in [0.2, 0.25) is 0 Å². The van der Waals surface area contributed by atoms with E-state index in [0.29, 0.717) is 0 Å². The van der Waals surface area contributed by atoms with Crippen LogP contribution in [-0.2, 0) is 0 Å². The van der Waals surface area contributed by atoms with Crippen LogP contribution in [0.3, 0.4) is 0 Å². The Bertz CT molecular complexity index is 134. The third kappa shape index (κ3) is 0.789. The van der Waals surface area contributed by atoms with E-state index in [9.17, 15) is 0 Å². The molecule has 0 radical (unpaired) electrons. The van der Waals surface area contributed by atoms with E-state index >= 15 is 0 Å². The van der Waals surface area contributed by atoms with Crippen molar-refractivity contribution in [3.05, 3.63) is 0 Å². The zero-order valence-electron chi connectivity index (χ0n) is 6.21. The summed E-state index contributed by atoms with van der Waals surface area (Å²) < 4.78 is 0. The summed E-state index contributed by atoms with van der Waals surface area (Å²) >= 11 is 0. The van der Waals surface area contributed by atoms with E-state index in [-0.39, 0.29) is 12.1 Å². The molecule has 2 saturated carbocycles. The topological polar surface area (TPSA) is 46.2 Å². The van der Waals surface area contributed by atoms with Crippen LogP contribution in [0.1, 0.15) is 25.7 Å². The summed E-state index contributed by atoms with van der Waals surface area (Å²) in [5.41, 5.74) is 5.73. The molecule has 0 spiro atoms. The number of nitrogens with two attached hydrogens (primary N) is 1. The first-order valence-electron chi connectivity index (χ1n) is 4.13. The Balaban J connectivity index is 2.03. The van der Waals surface area contributed by atoms with Crippen molar-refractivity contribution in [2.45, 2.75) is 31.2 Å². The lowest BCUT2D eigenvalue weighted by Gasteiger charge is -2.29. The fraction of sp³-hybridized carbons (Fsp3) is 1.00. The average molecular weight is 141 g/mol. The number of rotatable bonds is 1. The first-order valence-corrected chi connectivity index (χ1v) is 4.13. The van der Waals surface area contributed by atoms with Gasteiger partial charge in [0.2, 0.25) is 0 Å². The Labute approximate surface area is 61.4 Å². The minimum Gasteiger partial charge on any atom is -0.394 e. The summed E-state index contributed by atoms with van der Waals surface area (Å²) in [6.45, 7) is 0.181. The van der Waals surface area contributed by atoms with Crippen molar-refractivity contribution in [1.29, 1.82) is 0 Å². The van der Waals surface area contributed by atoms with Gasteiger partial charge in [0, 0.05) is 5.54 Å². The summed E-state index contributed by atoms with van der Waals surface area (Å²) in [5.74, 6) is 1.72. The molecule has 0 aromatic heterocycles. The molecule has 3 N–H and O–H groups in total. The number of hydrogen-bond acceptors (Lipinski definition) is 2. The average Bonchev–Trinajstić information content (AvgIpc) is 2.13. The molecule has 3 atom stereocenters. The molecule has 0 aromatic rings. The van der Waals surface area contributed by atoms with Gasteiger partial charge in [0.25, 0.3) is 0 Å². The van der Waals surface area contributed by atoms with Gasteiger partial charge in [-0.05, 0) is 37.5 Å². The molecule has 0 amide bonds. The summed E-state index contributed by atoms with van der Waals surface area (Å²) in [5, 5.41) is 8.96. The van der Waals surface area contributed by atoms with Gasteiger partial charge >= 0.3 is 0 Å². The van der Waals surface area contributed by atoms with Gasteiger partial charge in [-0.1, -0.05) is 0 Å². The highest BCUT2D eigenvalue weighted by atomic mass is 16.3. The second-order valence-electron chi connectivity index (χ2n) is 4.03. The predicted molar refractivity (Wildman–Crippen MR) is 39.5 cm³/mol. The Morgan fingerprint density at radius 1 is 1.30 bits per heavy atom. The lowest BCUT2D eigenvalue weighted by atomic mass is 9.77. The van der Waals surface area contributed by atoms with Gasteiger partial charge in [-0.25, -0.2) is 0 Å². The zero-order valence-corrected chi connectivity index (χ0v) is 6.21. The second kappa shape index (κ2) is 1.95. The minimum absolute atomic E-state index is 0.181. The fourth-order valence-corrected chi connectivity index (χ4v) is 2.43. The fourth-order valence-electron chi connectivity index (χ4n) is 2.43. The molecule has 1 unspecified atom stereocenters. The van der Waals surface area contributed by atoms with Gasteiger partial charge in [-0.15, -0.1) is 0 Å². The standard InChI is InChI=1S/C8H15NO/c9-8(5-10)3-6-1-2-7(6)4-8/h6-7,10H,1-5,9H2/t6-,7+,8?. The van der Waals surface area contributed by atoms with Gasteiger partial charge in [-0.2, -0.15) is 0 Å². The van der Waals surface area contributed by atoms with Gasteiger partial charge < -0.3 is 10.8 Å². The highest BCUT2D eigenvalue weighted by molar-refractivity contribution is 5.01. The van der Waals surface area contributed by atoms with Crippen LogP contribution >= 0.6 is 0 Å². The summed E-state index contributed by atoms with van der Waals surface area (Å²) in [6, 6.07) is 0. The minimum atomic E-state index is -0.203. The molecule has 0 bridgehead atoms. The molecule has 0 heterocycles. The Morgan fingerprint density at radius 3 is 2.10 bits per heavy atom. The molecule has 0 aliphatic heterocycles. The molecular weight excluding hydrogens is 126 g/mol. The highest BCUT2D eigenvalue weighted by Gasteiger charge is 2.46. The van der Waals surface area contributed by atoms with Gasteiger partial charge in [0.05, 0.1) is 6.61 Å². The summed E-state index contributed by atoms with van der Waals surface area (Å²) in [4.78, 5) is 0. The summed E-state index contributed by atoms with van der Waals surface area (Å²) in [6.07, 6.45) is 4.83. The zero-order chi connectivity index (χ0) is 7.19. The maximum absolute atomic E-state index is 8.96. The molecular formula is C8H15NO. The van der Waals surface area contributed by atoms with Crippen molar-refractivity contribution in [1.82, 2.24) is 0 Å². The Morgan fingerprint density at radius 2 is 1.80 bits per heavy atom. The van der Waals surface area contributed by atoms with Crippen molar-refractivity contribution in [3.63, 3.8) is 0 Å². The van der Waals surface area contributed by atoms with E-state index in [0.717, 1.165) is 24.7 Å². The van der Waals surface area contributed by atoms with E-state index in [1.807, 2.05) is 0 Å². The molecule has 2 heteroatoms. The molecule has 2 aliphatic carbocycles. The molecule has 2 aliphatic rings. The first-order chi connectivity index (χ1) is 4.73. The predicted octanol–water partition coefficient (Wildman–Crippen LogP) is 0.496. The van der Waals surface area contributed by atoms with Crippen LogP contribution < -0.4 is 5.73 Å². The number of fused-ring (bicyclic) bond motifs is 1. The van der Waals surface area contributed by atoms with Gasteiger partial charge in [0.15, 0.2) is 0 Å². The monoisotopic (exact) mass is 141 g/mol. The van der Waals surface area contributed by atoms with Crippen LogP contribution in [0.15, 0.2) is 0 Å². The lowest BCUT2D eigenvalue weighted by Crippen LogP contribution is -2.40. The van der Waals surface area contributed by atoms with Crippen molar-refractivity contribution in [2.75, 3.05) is 6.61 Å². The van der Waals surface area contributed by atoms with Crippen molar-refractivity contribution in [3.8, 4) is 0 Å². The largest absolute Gasteiger partial charge is 0.394 e. The molecule has 0 saturated heterocycles. The van der Waals surface area contributed by atoms with Crippen LogP contribution in [0.5, 0.6) is 0 Å². The first kappa shape index (κ1) is 6.62. The Kier molecular flexibility index (Phi) is 1.29. The maximum atomic E-state index is 8.96. The molecule has 2 rings (SSSR count). The van der Waals surface area contributed by atoms with E-state index in [1.165, 1.54) is 12.8 Å². The third-order valence-electron chi connectivity index (χ3n) is 3.23. The lowest BCUT2D eigenvalue weighted by molar-refractivity contribution is 0.196. The van der Waals surface area contributed by atoms with Crippen LogP contribution in [0, 0.1) is 11.8 Å². The van der Waals surface area contributed by atoms with E-state index in [1.54, 1.807) is 0 Å². The molecule has 2 nitrogen and oxygen atoms in total. The molecule has 0 aromatic carbocycles. The van der Waals surface area contributed by atoms with Crippen molar-refractivity contribution in [2.24, 2.45) is 17.6 Å². The van der Waals surface area contributed by atoms with Crippen LogP contribution in [-0.4, -0.2) is 17.3 Å². The Hall–Kier alpha value is -0.0800. The molecule has 10 heavy (non-hydrogen) atoms. The van der Waals surface area contributed by atoms with Crippen molar-refractivity contribution < 1.29 is 5.11 Å². The van der Waals surface area contributed by atoms with Crippen LogP contribution in [0.25, 0.3) is 0 Å². The number of aliphatic hydroxyl groups is 1. The SMILES string of the molecule is NC1(CO)C[C@H]2CC[C@H]2C1. The molecule has 2 fully saturated rings. The number of aliphatic hydroxyl groups excluding tert-OH is 1. The van der Waals surface area contributed by atoms with E-state index in [4.69, 9.17) is 10.8 Å². The number of hydrogen-bond donors (Lipinski definition) is 2. The van der Waals surface area contributed by atoms with Gasteiger partial charge in [-0.3, -0.25) is 0 Å². The van der Waals surface area contributed by atoms with Gasteiger partial charge in [0.1, 0.15) is 0 Å². The maximum Gasteiger partial charge on any atom is 0.0611 e. The third-order valence-corrected chi connectivity index (χ3v) is 3.23. The smallest absolute Gasteiger partial charge is 0.0611 e. The highest BCUT2D eigenvalue weighted by Crippen LogP contribution is 2.50. The molecule has 58 valence electrons. The quantitative estimate of drug-likeness (QED) is 0.558. The normalized spacial score (nSPS) is 52.2.